The highest BCUT2D eigenvalue weighted by Gasteiger charge is 2.32. The number of hydrogen-bond acceptors (Lipinski definition) is 5. The van der Waals surface area contributed by atoms with Gasteiger partial charge in [0.25, 0.3) is 0 Å². The van der Waals surface area contributed by atoms with E-state index in [0.29, 0.717) is 6.42 Å². The molecule has 1 saturated carbocycles. The zero-order chi connectivity index (χ0) is 21.1. The Morgan fingerprint density at radius 2 is 1.93 bits per heavy atom. The van der Waals surface area contributed by atoms with Gasteiger partial charge in [0.2, 0.25) is 5.91 Å². The van der Waals surface area contributed by atoms with Gasteiger partial charge in [-0.15, -0.1) is 11.3 Å². The Labute approximate surface area is 179 Å². The molecule has 1 aliphatic carbocycles. The lowest BCUT2D eigenvalue weighted by Gasteiger charge is -2.30. The molecule has 1 atom stereocenters. The van der Waals surface area contributed by atoms with Crippen LogP contribution in [0.25, 0.3) is 11.3 Å². The Morgan fingerprint density at radius 3 is 2.53 bits per heavy atom. The quantitative estimate of drug-likeness (QED) is 0.542. The maximum Gasteiger partial charge on any atom is 0.243 e. The second kappa shape index (κ2) is 8.83. The van der Waals surface area contributed by atoms with Crippen molar-refractivity contribution < 1.29 is 13.9 Å². The van der Waals surface area contributed by atoms with Crippen LogP contribution in [0.2, 0.25) is 0 Å². The molecule has 30 heavy (non-hydrogen) atoms. The van der Waals surface area contributed by atoms with Gasteiger partial charge in [-0.2, -0.15) is 0 Å². The number of halogens is 1. The fourth-order valence-electron chi connectivity index (χ4n) is 3.30. The van der Waals surface area contributed by atoms with Crippen molar-refractivity contribution in [3.05, 3.63) is 59.7 Å². The molecule has 7 heteroatoms. The summed E-state index contributed by atoms with van der Waals surface area (Å²) in [6.07, 6.45) is 2.71. The molecule has 2 aromatic carbocycles. The number of aromatic nitrogens is 1. The molecule has 3 aromatic rings. The fraction of sp³-hybridized carbons (Fsp3) is 0.304. The highest BCUT2D eigenvalue weighted by Crippen LogP contribution is 2.35. The summed E-state index contributed by atoms with van der Waals surface area (Å²) in [5.74, 6) is 0.478. The molecule has 0 unspecified atom stereocenters. The Hall–Kier alpha value is -2.93. The minimum absolute atomic E-state index is 0.00866. The number of thiazole rings is 1. The molecule has 1 heterocycles. The molecule has 0 spiro atoms. The molecule has 156 valence electrons. The normalized spacial score (nSPS) is 14.2. The first-order valence-corrected chi connectivity index (χ1v) is 10.9. The number of methoxy groups -OCH3 is 1. The average molecular weight is 426 g/mol. The lowest BCUT2D eigenvalue weighted by atomic mass is 10.1. The number of carbonyl (C=O) groups is 1. The molecular formula is C23H24FN3O2S. The maximum atomic E-state index is 13.3. The molecule has 0 aliphatic heterocycles. The van der Waals surface area contributed by atoms with Gasteiger partial charge in [0, 0.05) is 22.7 Å². The SMILES string of the molecule is CC[C@H](C(=O)NC1CC1)N(c1ccc(OC)cc1)c1nc(-c2ccc(F)cc2)cs1. The standard InChI is InChI=1S/C23H24FN3O2S/c1-3-21(22(28)25-17-8-9-17)27(18-10-12-19(29-2)13-11-18)23-26-20(14-30-23)15-4-6-16(24)7-5-15/h4-7,10-14,17,21H,3,8-9H2,1-2H3,(H,25,28)/t21-/m1/s1. The van der Waals surface area contributed by atoms with Gasteiger partial charge in [0.1, 0.15) is 17.6 Å². The largest absolute Gasteiger partial charge is 0.497 e. The van der Waals surface area contributed by atoms with Crippen molar-refractivity contribution in [2.24, 2.45) is 0 Å². The number of hydrogen-bond donors (Lipinski definition) is 1. The van der Waals surface area contributed by atoms with Gasteiger partial charge in [-0.25, -0.2) is 9.37 Å². The Bertz CT molecular complexity index is 1000. The topological polar surface area (TPSA) is 54.5 Å². The van der Waals surface area contributed by atoms with Crippen molar-refractivity contribution in [2.75, 3.05) is 12.0 Å². The van der Waals surface area contributed by atoms with Gasteiger partial charge < -0.3 is 15.0 Å². The molecule has 0 bridgehead atoms. The van der Waals surface area contributed by atoms with Crippen LogP contribution in [0.5, 0.6) is 5.75 Å². The summed E-state index contributed by atoms with van der Waals surface area (Å²) in [7, 11) is 1.63. The zero-order valence-electron chi connectivity index (χ0n) is 17.0. The molecule has 4 rings (SSSR count). The number of ether oxygens (including phenoxy) is 1. The molecule has 0 saturated heterocycles. The molecular weight excluding hydrogens is 401 g/mol. The van der Waals surface area contributed by atoms with E-state index in [9.17, 15) is 9.18 Å². The number of nitrogens with one attached hydrogen (secondary N) is 1. The zero-order valence-corrected chi connectivity index (χ0v) is 17.8. The van der Waals surface area contributed by atoms with Crippen LogP contribution in [0.1, 0.15) is 26.2 Å². The second-order valence-corrected chi connectivity index (χ2v) is 8.13. The third-order valence-corrected chi connectivity index (χ3v) is 5.95. The molecule has 1 fully saturated rings. The molecule has 5 nitrogen and oxygen atoms in total. The number of benzene rings is 2. The Morgan fingerprint density at radius 1 is 1.23 bits per heavy atom. The van der Waals surface area contributed by atoms with E-state index in [1.165, 1.54) is 23.5 Å². The first-order valence-electron chi connectivity index (χ1n) is 10.0. The Balaban J connectivity index is 1.70. The minimum Gasteiger partial charge on any atom is -0.497 e. The van der Waals surface area contributed by atoms with E-state index in [1.807, 2.05) is 41.5 Å². The summed E-state index contributed by atoms with van der Waals surface area (Å²) in [6, 6.07) is 13.8. The van der Waals surface area contributed by atoms with E-state index < -0.39 is 0 Å². The number of amides is 1. The van der Waals surface area contributed by atoms with Crippen LogP contribution < -0.4 is 15.0 Å². The number of carbonyl (C=O) groups excluding carboxylic acids is 1. The second-order valence-electron chi connectivity index (χ2n) is 7.30. The van der Waals surface area contributed by atoms with Crippen LogP contribution in [0.15, 0.2) is 53.9 Å². The van der Waals surface area contributed by atoms with E-state index in [4.69, 9.17) is 9.72 Å². The summed E-state index contributed by atoms with van der Waals surface area (Å²) >= 11 is 1.47. The number of nitrogens with zero attached hydrogens (tertiary/aromatic N) is 2. The van der Waals surface area contributed by atoms with Gasteiger partial charge in [-0.3, -0.25) is 4.79 Å². The van der Waals surface area contributed by atoms with Gasteiger partial charge in [0.15, 0.2) is 5.13 Å². The Kier molecular flexibility index (Phi) is 5.99. The van der Waals surface area contributed by atoms with Crippen LogP contribution in [0, 0.1) is 5.82 Å². The summed E-state index contributed by atoms with van der Waals surface area (Å²) < 4.78 is 18.6. The summed E-state index contributed by atoms with van der Waals surface area (Å²) in [5, 5.41) is 5.78. The van der Waals surface area contributed by atoms with Gasteiger partial charge >= 0.3 is 0 Å². The molecule has 1 aliphatic rings. The minimum atomic E-state index is -0.383. The van der Waals surface area contributed by atoms with Gasteiger partial charge in [-0.1, -0.05) is 6.92 Å². The van der Waals surface area contributed by atoms with Crippen LogP contribution in [0.3, 0.4) is 0 Å². The maximum absolute atomic E-state index is 13.3. The van der Waals surface area contributed by atoms with Crippen molar-refractivity contribution in [3.63, 3.8) is 0 Å². The predicted octanol–water partition coefficient (Wildman–Crippen LogP) is 5.15. The highest BCUT2D eigenvalue weighted by atomic mass is 32.1. The van der Waals surface area contributed by atoms with Crippen LogP contribution in [-0.4, -0.2) is 30.1 Å². The first-order chi connectivity index (χ1) is 14.6. The third kappa shape index (κ3) is 4.46. The van der Waals surface area contributed by atoms with Crippen LogP contribution in [-0.2, 0) is 4.79 Å². The number of rotatable bonds is 8. The summed E-state index contributed by atoms with van der Waals surface area (Å²) in [4.78, 5) is 19.8. The van der Waals surface area contributed by atoms with E-state index >= 15 is 0 Å². The van der Waals surface area contributed by atoms with Crippen molar-refractivity contribution in [2.45, 2.75) is 38.3 Å². The molecule has 1 amide bonds. The van der Waals surface area contributed by atoms with E-state index in [0.717, 1.165) is 40.7 Å². The van der Waals surface area contributed by atoms with Crippen molar-refractivity contribution in [1.29, 1.82) is 0 Å². The summed E-state index contributed by atoms with van der Waals surface area (Å²) in [6.45, 7) is 2.00. The van der Waals surface area contributed by atoms with Gasteiger partial charge in [-0.05, 0) is 67.8 Å². The number of anilines is 2. The van der Waals surface area contributed by atoms with Crippen LogP contribution in [0.4, 0.5) is 15.2 Å². The monoisotopic (exact) mass is 425 g/mol. The lowest BCUT2D eigenvalue weighted by Crippen LogP contribution is -2.45. The van der Waals surface area contributed by atoms with Crippen molar-refractivity contribution in [3.8, 4) is 17.0 Å². The molecule has 1 aromatic heterocycles. The van der Waals surface area contributed by atoms with Gasteiger partial charge in [0.05, 0.1) is 12.8 Å². The molecule has 1 N–H and O–H groups in total. The van der Waals surface area contributed by atoms with E-state index in [-0.39, 0.29) is 23.8 Å². The first kappa shape index (κ1) is 20.3. The van der Waals surface area contributed by atoms with Crippen molar-refractivity contribution in [1.82, 2.24) is 10.3 Å². The van der Waals surface area contributed by atoms with E-state index in [2.05, 4.69) is 5.32 Å². The average Bonchev–Trinajstić information content (AvgIpc) is 3.45. The van der Waals surface area contributed by atoms with E-state index in [1.54, 1.807) is 19.2 Å². The van der Waals surface area contributed by atoms with Crippen molar-refractivity contribution >= 4 is 28.1 Å². The smallest absolute Gasteiger partial charge is 0.243 e. The summed E-state index contributed by atoms with van der Waals surface area (Å²) in [5.41, 5.74) is 2.46. The fourth-order valence-corrected chi connectivity index (χ4v) is 4.21. The molecule has 0 radical (unpaired) electrons. The third-order valence-electron chi connectivity index (χ3n) is 5.11. The van der Waals surface area contributed by atoms with Crippen LogP contribution >= 0.6 is 11.3 Å². The highest BCUT2D eigenvalue weighted by molar-refractivity contribution is 7.14. The lowest BCUT2D eigenvalue weighted by molar-refractivity contribution is -0.122. The predicted molar refractivity (Wildman–Crippen MR) is 118 cm³/mol.